The largest absolute Gasteiger partial charge is 0.737 e. The van der Waals surface area contributed by atoms with Gasteiger partial charge in [-0.2, -0.15) is 0 Å². The molecule has 4 rings (SSSR count). The first-order valence-electron chi connectivity index (χ1n) is 8.57. The molecule has 1 aromatic carbocycles. The molecular formula is C20H21BF2N2. The molecule has 0 unspecified atom stereocenters. The van der Waals surface area contributed by atoms with Gasteiger partial charge < -0.3 is 17.6 Å². The van der Waals surface area contributed by atoms with Crippen molar-refractivity contribution in [2.24, 2.45) is 0 Å². The zero-order valence-corrected chi connectivity index (χ0v) is 15.2. The van der Waals surface area contributed by atoms with Gasteiger partial charge in [0.25, 0.3) is 0 Å². The molecule has 0 amide bonds. The number of aryl methyl sites for hydroxylation is 3. The molecule has 1 aromatic heterocycles. The minimum Gasteiger partial charge on any atom is -0.393 e. The van der Waals surface area contributed by atoms with Gasteiger partial charge in [-0.15, -0.1) is 0 Å². The number of fused-ring (bicyclic) bond motifs is 2. The number of hydrogen-bond acceptors (Lipinski definition) is 0. The van der Waals surface area contributed by atoms with Crippen LogP contribution in [-0.2, 0) is 0 Å². The minimum absolute atomic E-state index is 0.596. The Hall–Kier alpha value is -2.43. The molecule has 0 bridgehead atoms. The van der Waals surface area contributed by atoms with E-state index in [2.05, 4.69) is 0 Å². The molecule has 25 heavy (non-hydrogen) atoms. The van der Waals surface area contributed by atoms with Gasteiger partial charge in [-0.25, -0.2) is 0 Å². The summed E-state index contributed by atoms with van der Waals surface area (Å²) in [5.74, 6) is 0. The highest BCUT2D eigenvalue weighted by Crippen LogP contribution is 2.43. The Morgan fingerprint density at radius 3 is 2.24 bits per heavy atom. The molecule has 0 N–H and O–H groups in total. The highest BCUT2D eigenvalue weighted by molar-refractivity contribution is 6.58. The summed E-state index contributed by atoms with van der Waals surface area (Å²) in [6, 6.07) is 9.98. The maximum absolute atomic E-state index is 15.5. The summed E-state index contributed by atoms with van der Waals surface area (Å²) in [6.07, 6.45) is 1.86. The van der Waals surface area contributed by atoms with Crippen molar-refractivity contribution in [3.8, 4) is 0 Å². The second-order valence-electron chi connectivity index (χ2n) is 7.20. The Bertz CT molecular complexity index is 1010. The van der Waals surface area contributed by atoms with Crippen LogP contribution in [0.4, 0.5) is 8.63 Å². The fourth-order valence-electron chi connectivity index (χ4n) is 4.29. The number of rotatable bonds is 1. The van der Waals surface area contributed by atoms with Crippen LogP contribution in [0.3, 0.4) is 0 Å². The van der Waals surface area contributed by atoms with Gasteiger partial charge in [-0.05, 0) is 50.6 Å². The van der Waals surface area contributed by atoms with Crippen LogP contribution in [0.5, 0.6) is 0 Å². The average Bonchev–Trinajstić information content (AvgIpc) is 2.99. The molecule has 0 fully saturated rings. The summed E-state index contributed by atoms with van der Waals surface area (Å²) in [7, 11) is 0. The second-order valence-corrected chi connectivity index (χ2v) is 7.20. The van der Waals surface area contributed by atoms with Crippen LogP contribution in [-0.4, -0.2) is 21.6 Å². The number of halogens is 2. The van der Waals surface area contributed by atoms with E-state index in [0.717, 1.165) is 27.8 Å². The Morgan fingerprint density at radius 2 is 1.60 bits per heavy atom. The van der Waals surface area contributed by atoms with Gasteiger partial charge >= 0.3 is 6.97 Å². The Labute approximate surface area is 146 Å². The van der Waals surface area contributed by atoms with Crippen molar-refractivity contribution in [3.63, 3.8) is 0 Å². The van der Waals surface area contributed by atoms with E-state index in [1.807, 2.05) is 57.2 Å². The van der Waals surface area contributed by atoms with Crippen LogP contribution in [0, 0.1) is 20.8 Å². The fraction of sp³-hybridized carbons (Fsp3) is 0.250. The Morgan fingerprint density at radius 1 is 0.960 bits per heavy atom. The lowest BCUT2D eigenvalue weighted by Crippen LogP contribution is -2.51. The van der Waals surface area contributed by atoms with Crippen LogP contribution in [0.15, 0.2) is 47.7 Å². The zero-order valence-electron chi connectivity index (χ0n) is 15.2. The highest BCUT2D eigenvalue weighted by Gasteiger charge is 2.55. The molecule has 5 heteroatoms. The summed E-state index contributed by atoms with van der Waals surface area (Å²) >= 11 is 0. The molecule has 128 valence electrons. The SMILES string of the molecule is CC1=CC(C)=[N+]2C1=C(c1ccc(C)cc1)c1c(C)cc(C)n1[B-]2(F)F. The number of aromatic nitrogens is 1. The maximum Gasteiger partial charge on any atom is 0.737 e. The van der Waals surface area contributed by atoms with Crippen molar-refractivity contribution in [2.45, 2.75) is 34.6 Å². The molecule has 0 saturated carbocycles. The van der Waals surface area contributed by atoms with Gasteiger partial charge in [-0.1, -0.05) is 29.8 Å². The maximum atomic E-state index is 15.5. The topological polar surface area (TPSA) is 7.94 Å². The predicted molar refractivity (Wildman–Crippen MR) is 99.2 cm³/mol. The lowest BCUT2D eigenvalue weighted by atomic mass is 9.83. The quantitative estimate of drug-likeness (QED) is 0.658. The van der Waals surface area contributed by atoms with Crippen LogP contribution in [0.2, 0.25) is 0 Å². The molecule has 3 heterocycles. The van der Waals surface area contributed by atoms with Crippen molar-refractivity contribution < 1.29 is 13.1 Å². The van der Waals surface area contributed by atoms with Crippen LogP contribution in [0.25, 0.3) is 5.57 Å². The molecule has 0 spiro atoms. The van der Waals surface area contributed by atoms with Crippen molar-refractivity contribution in [1.82, 2.24) is 4.48 Å². The number of hydrogen-bond donors (Lipinski definition) is 0. The first kappa shape index (κ1) is 16.1. The predicted octanol–water partition coefficient (Wildman–Crippen LogP) is 4.84. The first-order chi connectivity index (χ1) is 11.7. The van der Waals surface area contributed by atoms with E-state index in [1.165, 1.54) is 8.96 Å². The highest BCUT2D eigenvalue weighted by atomic mass is 19.2. The Kier molecular flexibility index (Phi) is 3.24. The van der Waals surface area contributed by atoms with Crippen molar-refractivity contribution in [3.05, 3.63) is 75.8 Å². The second kappa shape index (κ2) is 5.04. The minimum atomic E-state index is -3.90. The first-order valence-corrected chi connectivity index (χ1v) is 8.57. The van der Waals surface area contributed by atoms with Gasteiger partial charge in [0.1, 0.15) is 5.71 Å². The summed E-state index contributed by atoms with van der Waals surface area (Å²) in [4.78, 5) is 0. The Balaban J connectivity index is 2.17. The molecular weight excluding hydrogens is 317 g/mol. The number of benzene rings is 1. The van der Waals surface area contributed by atoms with E-state index in [9.17, 15) is 0 Å². The molecule has 0 radical (unpaired) electrons. The molecule has 0 atom stereocenters. The third-order valence-electron chi connectivity index (χ3n) is 5.27. The summed E-state index contributed by atoms with van der Waals surface area (Å²) < 4.78 is 33.4. The van der Waals surface area contributed by atoms with Gasteiger partial charge in [0.15, 0.2) is 5.70 Å². The van der Waals surface area contributed by atoms with Crippen molar-refractivity contribution >= 4 is 18.3 Å². The van der Waals surface area contributed by atoms with Gasteiger partial charge in [0.05, 0.1) is 5.57 Å². The van der Waals surface area contributed by atoms with Gasteiger partial charge in [0, 0.05) is 24.3 Å². The fourth-order valence-corrected chi connectivity index (χ4v) is 4.29. The molecule has 2 nitrogen and oxygen atoms in total. The van der Waals surface area contributed by atoms with E-state index in [1.54, 1.807) is 13.8 Å². The summed E-state index contributed by atoms with van der Waals surface area (Å²) in [5, 5.41) is 0. The van der Waals surface area contributed by atoms with Crippen molar-refractivity contribution in [1.29, 1.82) is 0 Å². The van der Waals surface area contributed by atoms with Crippen LogP contribution < -0.4 is 0 Å². The lowest BCUT2D eigenvalue weighted by Gasteiger charge is -2.34. The molecule has 2 aliphatic rings. The van der Waals surface area contributed by atoms with Gasteiger partial charge in [0.2, 0.25) is 0 Å². The zero-order chi connectivity index (χ0) is 18.1. The third-order valence-corrected chi connectivity index (χ3v) is 5.27. The van der Waals surface area contributed by atoms with Gasteiger partial charge in [-0.3, -0.25) is 0 Å². The van der Waals surface area contributed by atoms with Crippen molar-refractivity contribution in [2.75, 3.05) is 0 Å². The van der Waals surface area contributed by atoms with E-state index in [4.69, 9.17) is 0 Å². The average molecular weight is 338 g/mol. The monoisotopic (exact) mass is 338 g/mol. The summed E-state index contributed by atoms with van der Waals surface area (Å²) in [5.41, 5.74) is 7.27. The number of nitrogens with zero attached hydrogens (tertiary/aromatic N) is 2. The number of allylic oxidation sites excluding steroid dienone is 2. The molecule has 2 aromatic rings. The summed E-state index contributed by atoms with van der Waals surface area (Å²) in [6.45, 7) is 5.49. The van der Waals surface area contributed by atoms with Crippen LogP contribution in [0.1, 0.15) is 41.9 Å². The molecule has 0 saturated heterocycles. The van der Waals surface area contributed by atoms with E-state index >= 15 is 8.63 Å². The van der Waals surface area contributed by atoms with E-state index in [0.29, 0.717) is 22.8 Å². The lowest BCUT2D eigenvalue weighted by molar-refractivity contribution is -0.363. The molecule has 2 aliphatic heterocycles. The molecule has 0 aliphatic carbocycles. The standard InChI is InChI=1S/C20H21BF2N2/c1-12-6-8-17(9-7-12)18-19-13(2)10-15(4)24(19)21(22,23)25-16(5)11-14(3)20(18)25/h6-11H,1-5H3. The van der Waals surface area contributed by atoms with Crippen LogP contribution >= 0.6 is 0 Å². The van der Waals surface area contributed by atoms with E-state index < -0.39 is 6.97 Å². The van der Waals surface area contributed by atoms with E-state index in [-0.39, 0.29) is 0 Å². The normalized spacial score (nSPS) is 18.4. The smallest absolute Gasteiger partial charge is 0.393 e. The third kappa shape index (κ3) is 2.05.